The molecule has 0 saturated heterocycles. The minimum Gasteiger partial charge on any atom is -0.493 e. The van der Waals surface area contributed by atoms with Gasteiger partial charge in [0, 0.05) is 5.56 Å². The van der Waals surface area contributed by atoms with Crippen molar-refractivity contribution in [3.05, 3.63) is 32.8 Å². The number of carbonyl (C=O) groups is 1. The third kappa shape index (κ3) is 3.04. The normalized spacial score (nSPS) is 10.2. The maximum Gasteiger partial charge on any atom is 0.265 e. The first-order valence-corrected chi connectivity index (χ1v) is 6.80. The lowest BCUT2D eigenvalue weighted by atomic mass is 10.1. The van der Waals surface area contributed by atoms with Crippen LogP contribution in [0.1, 0.15) is 10.4 Å². The Kier molecular flexibility index (Phi) is 4.70. The number of hydrogen-bond acceptors (Lipinski definition) is 6. The number of hydrogen-bond donors (Lipinski definition) is 3. The Balaban J connectivity index is 2.85. The summed E-state index contributed by atoms with van der Waals surface area (Å²) in [4.78, 5) is 28.7. The monoisotopic (exact) mass is 337 g/mol. The molecule has 0 aliphatic heterocycles. The van der Waals surface area contributed by atoms with Gasteiger partial charge < -0.3 is 24.9 Å². The summed E-state index contributed by atoms with van der Waals surface area (Å²) in [5.41, 5.74) is 4.99. The fourth-order valence-corrected chi connectivity index (χ4v) is 2.36. The van der Waals surface area contributed by atoms with Crippen molar-refractivity contribution in [1.82, 2.24) is 9.97 Å². The molecule has 1 aromatic carbocycles. The number of methoxy groups -OCH3 is 3. The molecule has 0 bridgehead atoms. The average Bonchev–Trinajstić information content (AvgIpc) is 2.51. The van der Waals surface area contributed by atoms with Crippen molar-refractivity contribution >= 4 is 18.1 Å². The predicted octanol–water partition coefficient (Wildman–Crippen LogP) is 1.22. The largest absolute Gasteiger partial charge is 0.493 e. The summed E-state index contributed by atoms with van der Waals surface area (Å²) in [6.07, 6.45) is 0. The van der Waals surface area contributed by atoms with Crippen LogP contribution in [0.3, 0.4) is 0 Å². The molecule has 0 radical (unpaired) electrons. The fourth-order valence-electron chi connectivity index (χ4n) is 2.16. The average molecular weight is 337 g/mol. The molecule has 23 heavy (non-hydrogen) atoms. The maximum absolute atomic E-state index is 12.0. The lowest BCUT2D eigenvalue weighted by Crippen LogP contribution is -2.25. The van der Waals surface area contributed by atoms with E-state index in [1.165, 1.54) is 21.3 Å². The lowest BCUT2D eigenvalue weighted by molar-refractivity contribution is 0.0999. The highest BCUT2D eigenvalue weighted by molar-refractivity contribution is 7.71. The van der Waals surface area contributed by atoms with E-state index in [9.17, 15) is 9.59 Å². The fraction of sp³-hybridized carbons (Fsp3) is 0.214. The Morgan fingerprint density at radius 3 is 2.09 bits per heavy atom. The van der Waals surface area contributed by atoms with Gasteiger partial charge in [0.1, 0.15) is 5.56 Å². The zero-order valence-electron chi connectivity index (χ0n) is 12.7. The Labute approximate surface area is 136 Å². The molecule has 1 aromatic heterocycles. The van der Waals surface area contributed by atoms with Gasteiger partial charge in [-0.05, 0) is 24.4 Å². The lowest BCUT2D eigenvalue weighted by Gasteiger charge is -2.15. The molecule has 0 unspecified atom stereocenters. The van der Waals surface area contributed by atoms with Crippen LogP contribution in [0.15, 0.2) is 16.9 Å². The van der Waals surface area contributed by atoms with Crippen molar-refractivity contribution in [1.29, 1.82) is 0 Å². The summed E-state index contributed by atoms with van der Waals surface area (Å²) in [7, 11) is 4.38. The van der Waals surface area contributed by atoms with Crippen LogP contribution in [0.25, 0.3) is 11.3 Å². The van der Waals surface area contributed by atoms with E-state index < -0.39 is 11.5 Å². The van der Waals surface area contributed by atoms with Gasteiger partial charge in [-0.15, -0.1) is 0 Å². The molecule has 0 aliphatic carbocycles. The van der Waals surface area contributed by atoms with Crippen LogP contribution in [-0.2, 0) is 0 Å². The number of benzene rings is 1. The summed E-state index contributed by atoms with van der Waals surface area (Å²) < 4.78 is 15.8. The van der Waals surface area contributed by atoms with E-state index in [0.717, 1.165) is 0 Å². The highest BCUT2D eigenvalue weighted by Crippen LogP contribution is 2.41. The first kappa shape index (κ1) is 16.6. The molecule has 1 heterocycles. The van der Waals surface area contributed by atoms with E-state index in [2.05, 4.69) is 9.97 Å². The van der Waals surface area contributed by atoms with Gasteiger partial charge >= 0.3 is 0 Å². The Morgan fingerprint density at radius 2 is 1.65 bits per heavy atom. The van der Waals surface area contributed by atoms with Gasteiger partial charge in [0.05, 0.1) is 27.0 Å². The van der Waals surface area contributed by atoms with Gasteiger partial charge in [0.25, 0.3) is 11.5 Å². The van der Waals surface area contributed by atoms with Crippen LogP contribution in [0.4, 0.5) is 0 Å². The van der Waals surface area contributed by atoms with Gasteiger partial charge in [-0.1, -0.05) is 0 Å². The highest BCUT2D eigenvalue weighted by atomic mass is 32.1. The Morgan fingerprint density at radius 1 is 1.09 bits per heavy atom. The molecule has 1 amide bonds. The highest BCUT2D eigenvalue weighted by Gasteiger charge is 2.20. The molecular weight excluding hydrogens is 322 g/mol. The van der Waals surface area contributed by atoms with E-state index in [0.29, 0.717) is 22.8 Å². The molecule has 0 fully saturated rings. The molecule has 2 rings (SSSR count). The second kappa shape index (κ2) is 6.53. The third-order valence-electron chi connectivity index (χ3n) is 3.14. The summed E-state index contributed by atoms with van der Waals surface area (Å²) in [6.45, 7) is 0. The number of carbonyl (C=O) groups excluding carboxylic acids is 1. The van der Waals surface area contributed by atoms with Crippen LogP contribution >= 0.6 is 12.2 Å². The topological polar surface area (TPSA) is 119 Å². The van der Waals surface area contributed by atoms with Crippen LogP contribution in [0.5, 0.6) is 17.2 Å². The first-order valence-electron chi connectivity index (χ1n) is 6.39. The number of amides is 1. The number of nitrogens with two attached hydrogens (primary N) is 1. The second-order valence-electron chi connectivity index (χ2n) is 4.44. The molecule has 0 atom stereocenters. The molecule has 0 aliphatic rings. The van der Waals surface area contributed by atoms with Crippen molar-refractivity contribution in [2.45, 2.75) is 0 Å². The van der Waals surface area contributed by atoms with Crippen molar-refractivity contribution in [3.63, 3.8) is 0 Å². The maximum atomic E-state index is 12.0. The van der Waals surface area contributed by atoms with E-state index in [1.807, 2.05) is 0 Å². The van der Waals surface area contributed by atoms with E-state index in [1.54, 1.807) is 12.1 Å². The number of aromatic amines is 2. The molecule has 4 N–H and O–H groups in total. The van der Waals surface area contributed by atoms with Crippen molar-refractivity contribution in [2.75, 3.05) is 21.3 Å². The molecular formula is C14H15N3O5S. The summed E-state index contributed by atoms with van der Waals surface area (Å²) >= 11 is 4.95. The Bertz CT molecular complexity index is 846. The number of aromatic nitrogens is 2. The smallest absolute Gasteiger partial charge is 0.265 e. The molecule has 0 spiro atoms. The van der Waals surface area contributed by atoms with E-state index >= 15 is 0 Å². The van der Waals surface area contributed by atoms with Crippen molar-refractivity contribution in [3.8, 4) is 28.5 Å². The molecule has 2 aromatic rings. The van der Waals surface area contributed by atoms with Crippen LogP contribution in [0, 0.1) is 4.77 Å². The minimum absolute atomic E-state index is 0.0590. The predicted molar refractivity (Wildman–Crippen MR) is 85.9 cm³/mol. The third-order valence-corrected chi connectivity index (χ3v) is 3.35. The second-order valence-corrected chi connectivity index (χ2v) is 4.84. The number of nitrogens with one attached hydrogen (secondary N) is 2. The van der Waals surface area contributed by atoms with Crippen LogP contribution in [0.2, 0.25) is 0 Å². The van der Waals surface area contributed by atoms with E-state index in [4.69, 9.17) is 32.2 Å². The molecule has 8 nitrogen and oxygen atoms in total. The van der Waals surface area contributed by atoms with Gasteiger partial charge in [-0.3, -0.25) is 14.6 Å². The number of primary amides is 1. The van der Waals surface area contributed by atoms with Crippen molar-refractivity contribution in [2.24, 2.45) is 5.73 Å². The van der Waals surface area contributed by atoms with Crippen LogP contribution < -0.4 is 25.5 Å². The van der Waals surface area contributed by atoms with E-state index in [-0.39, 0.29) is 16.0 Å². The molecule has 122 valence electrons. The SMILES string of the molecule is COc1cc(-c2[nH]c(=S)[nH]c(=O)c2C(N)=O)cc(OC)c1OC. The number of H-pyrrole nitrogens is 2. The van der Waals surface area contributed by atoms with Gasteiger partial charge in [-0.2, -0.15) is 0 Å². The minimum atomic E-state index is -0.888. The Hall–Kier alpha value is -2.81. The standard InChI is InChI=1S/C14H15N3O5S/c1-20-7-4-6(5-8(21-2)11(7)22-3)10-9(12(15)18)13(19)17-14(23)16-10/h4-5H,1-3H3,(H2,15,18)(H2,16,17,19,23). The summed E-state index contributed by atoms with van der Waals surface area (Å²) in [5, 5.41) is 0. The van der Waals surface area contributed by atoms with Gasteiger partial charge in [0.2, 0.25) is 5.75 Å². The summed E-state index contributed by atoms with van der Waals surface area (Å²) in [6, 6.07) is 3.15. The van der Waals surface area contributed by atoms with Gasteiger partial charge in [-0.25, -0.2) is 0 Å². The van der Waals surface area contributed by atoms with Crippen LogP contribution in [-0.4, -0.2) is 37.2 Å². The number of ether oxygens (including phenoxy) is 3. The summed E-state index contributed by atoms with van der Waals surface area (Å²) in [5.74, 6) is 0.206. The zero-order chi connectivity index (χ0) is 17.1. The molecule has 0 saturated carbocycles. The quantitative estimate of drug-likeness (QED) is 0.706. The zero-order valence-corrected chi connectivity index (χ0v) is 13.5. The molecule has 9 heteroatoms. The number of rotatable bonds is 5. The van der Waals surface area contributed by atoms with Crippen molar-refractivity contribution < 1.29 is 19.0 Å². The first-order chi connectivity index (χ1) is 10.9. The van der Waals surface area contributed by atoms with Gasteiger partial charge in [0.15, 0.2) is 16.3 Å².